The van der Waals surface area contributed by atoms with E-state index < -0.39 is 0 Å². The van der Waals surface area contributed by atoms with Gasteiger partial charge in [-0.3, -0.25) is 0 Å². The van der Waals surface area contributed by atoms with E-state index in [0.29, 0.717) is 5.56 Å². The van der Waals surface area contributed by atoms with E-state index >= 15 is 0 Å². The van der Waals surface area contributed by atoms with Gasteiger partial charge in [0.05, 0.1) is 0 Å². The van der Waals surface area contributed by atoms with E-state index in [1.54, 1.807) is 19.1 Å². The highest BCUT2D eigenvalue weighted by Gasteiger charge is 2.11. The average Bonchev–Trinajstić information content (AvgIpc) is 2.33. The molecule has 0 aliphatic rings. The zero-order valence-corrected chi connectivity index (χ0v) is 11.2. The van der Waals surface area contributed by atoms with Crippen molar-refractivity contribution in [2.75, 3.05) is 0 Å². The Morgan fingerprint density at radius 1 is 0.778 bits per heavy atom. The molecule has 94 valence electrons. The van der Waals surface area contributed by atoms with Gasteiger partial charge in [-0.25, -0.2) is 0 Å². The molecule has 18 heavy (non-hydrogen) atoms. The molecule has 2 aromatic rings. The molecule has 2 aromatic carbocycles. The van der Waals surface area contributed by atoms with Crippen LogP contribution in [-0.2, 0) is 0 Å². The Morgan fingerprint density at radius 3 is 1.89 bits per heavy atom. The Balaban J connectivity index is 2.67. The third kappa shape index (κ3) is 1.94. The van der Waals surface area contributed by atoms with Crippen LogP contribution in [0.1, 0.15) is 22.3 Å². The number of rotatable bonds is 1. The lowest BCUT2D eigenvalue weighted by Crippen LogP contribution is -1.90. The minimum atomic E-state index is 0.122. The highest BCUT2D eigenvalue weighted by atomic mass is 16.3. The predicted molar refractivity (Wildman–Crippen MR) is 74.2 cm³/mol. The summed E-state index contributed by atoms with van der Waals surface area (Å²) in [5.74, 6) is 0.273. The highest BCUT2D eigenvalue weighted by molar-refractivity contribution is 5.74. The third-order valence-electron chi connectivity index (χ3n) is 3.64. The summed E-state index contributed by atoms with van der Waals surface area (Å²) >= 11 is 0. The third-order valence-corrected chi connectivity index (χ3v) is 3.64. The van der Waals surface area contributed by atoms with Crippen LogP contribution in [-0.4, -0.2) is 10.2 Å². The second-order valence-electron chi connectivity index (χ2n) is 4.84. The summed E-state index contributed by atoms with van der Waals surface area (Å²) in [4.78, 5) is 0. The zero-order chi connectivity index (χ0) is 13.4. The molecule has 0 fully saturated rings. The topological polar surface area (TPSA) is 40.5 Å². The molecule has 0 aromatic heterocycles. The van der Waals surface area contributed by atoms with E-state index in [0.717, 1.165) is 11.1 Å². The van der Waals surface area contributed by atoms with Gasteiger partial charge in [0.15, 0.2) is 0 Å². The fraction of sp³-hybridized carbons (Fsp3) is 0.250. The Bertz CT molecular complexity index is 590. The van der Waals surface area contributed by atoms with Gasteiger partial charge in [0.25, 0.3) is 0 Å². The lowest BCUT2D eigenvalue weighted by molar-refractivity contribution is 0.444. The number of aryl methyl sites for hydroxylation is 2. The van der Waals surface area contributed by atoms with Crippen LogP contribution in [0.15, 0.2) is 24.3 Å². The first-order valence-electron chi connectivity index (χ1n) is 6.01. The van der Waals surface area contributed by atoms with Crippen molar-refractivity contribution in [1.29, 1.82) is 0 Å². The van der Waals surface area contributed by atoms with E-state index in [4.69, 9.17) is 0 Å². The van der Waals surface area contributed by atoms with Gasteiger partial charge < -0.3 is 10.2 Å². The molecule has 0 saturated carbocycles. The molecular formula is C16H18O2. The highest BCUT2D eigenvalue weighted by Crippen LogP contribution is 2.37. The first-order chi connectivity index (χ1) is 8.41. The molecule has 0 bridgehead atoms. The second-order valence-corrected chi connectivity index (χ2v) is 4.84. The van der Waals surface area contributed by atoms with Crippen LogP contribution in [0, 0.1) is 27.7 Å². The van der Waals surface area contributed by atoms with Gasteiger partial charge in [-0.15, -0.1) is 0 Å². The van der Waals surface area contributed by atoms with Crippen LogP contribution in [0.5, 0.6) is 11.5 Å². The van der Waals surface area contributed by atoms with Gasteiger partial charge in [0, 0.05) is 11.1 Å². The molecule has 0 heterocycles. The van der Waals surface area contributed by atoms with E-state index in [-0.39, 0.29) is 11.5 Å². The van der Waals surface area contributed by atoms with Crippen LogP contribution in [0.2, 0.25) is 0 Å². The molecule has 2 N–H and O–H groups in total. The first-order valence-corrected chi connectivity index (χ1v) is 6.01. The summed E-state index contributed by atoms with van der Waals surface area (Å²) in [5.41, 5.74) is 5.94. The molecule has 2 nitrogen and oxygen atoms in total. The molecule has 0 aliphatic carbocycles. The maximum Gasteiger partial charge on any atom is 0.129 e. The summed E-state index contributed by atoms with van der Waals surface area (Å²) in [5, 5.41) is 19.7. The summed E-state index contributed by atoms with van der Waals surface area (Å²) in [6, 6.07) is 7.50. The van der Waals surface area contributed by atoms with Gasteiger partial charge in [0.1, 0.15) is 11.5 Å². The van der Waals surface area contributed by atoms with Gasteiger partial charge in [-0.2, -0.15) is 0 Å². The van der Waals surface area contributed by atoms with Crippen molar-refractivity contribution in [3.8, 4) is 22.6 Å². The van der Waals surface area contributed by atoms with Gasteiger partial charge >= 0.3 is 0 Å². The minimum absolute atomic E-state index is 0.122. The molecular weight excluding hydrogens is 224 g/mol. The molecule has 0 amide bonds. The normalized spacial score (nSPS) is 10.7. The molecule has 0 atom stereocenters. The van der Waals surface area contributed by atoms with Crippen molar-refractivity contribution in [3.05, 3.63) is 46.5 Å². The molecule has 0 radical (unpaired) electrons. The fourth-order valence-corrected chi connectivity index (χ4v) is 2.11. The Morgan fingerprint density at radius 2 is 1.33 bits per heavy atom. The summed E-state index contributed by atoms with van der Waals surface area (Å²) in [6.45, 7) is 7.94. The van der Waals surface area contributed by atoms with Crippen molar-refractivity contribution in [2.24, 2.45) is 0 Å². The first kappa shape index (κ1) is 12.5. The van der Waals surface area contributed by atoms with Crippen molar-refractivity contribution < 1.29 is 10.2 Å². The Hall–Kier alpha value is -1.96. The summed E-state index contributed by atoms with van der Waals surface area (Å²) < 4.78 is 0. The quantitative estimate of drug-likeness (QED) is 0.793. The van der Waals surface area contributed by atoms with Gasteiger partial charge in [-0.05, 0) is 62.1 Å². The van der Waals surface area contributed by atoms with E-state index in [2.05, 4.69) is 32.9 Å². The van der Waals surface area contributed by atoms with Gasteiger partial charge in [-0.1, -0.05) is 12.1 Å². The summed E-state index contributed by atoms with van der Waals surface area (Å²) in [6.07, 6.45) is 0. The number of benzene rings is 2. The number of phenolic OH excluding ortho intramolecular Hbond substituents is 2. The lowest BCUT2D eigenvalue weighted by atomic mass is 9.95. The Kier molecular flexibility index (Phi) is 3.04. The number of aromatic hydroxyl groups is 2. The SMILES string of the molecule is Cc1cc(-c2ccc(O)c(C)c2O)cc(C)c1C. The largest absolute Gasteiger partial charge is 0.508 e. The molecule has 0 unspecified atom stereocenters. The van der Waals surface area contributed by atoms with E-state index in [9.17, 15) is 10.2 Å². The fourth-order valence-electron chi connectivity index (χ4n) is 2.11. The molecule has 0 aliphatic heterocycles. The maximum atomic E-state index is 10.1. The maximum absolute atomic E-state index is 10.1. The standard InChI is InChI=1S/C16H18O2/c1-9-7-13(8-10(2)11(9)3)14-5-6-15(17)12(4)16(14)18/h5-8,17-18H,1-4H3. The van der Waals surface area contributed by atoms with Crippen LogP contribution in [0.4, 0.5) is 0 Å². The van der Waals surface area contributed by atoms with Gasteiger partial charge in [0.2, 0.25) is 0 Å². The smallest absolute Gasteiger partial charge is 0.129 e. The zero-order valence-electron chi connectivity index (χ0n) is 11.2. The van der Waals surface area contributed by atoms with Crippen LogP contribution < -0.4 is 0 Å². The predicted octanol–water partition coefficient (Wildman–Crippen LogP) is 4.00. The Labute approximate surface area is 108 Å². The van der Waals surface area contributed by atoms with Crippen LogP contribution in [0.3, 0.4) is 0 Å². The number of hydrogen-bond donors (Lipinski definition) is 2. The van der Waals surface area contributed by atoms with Crippen molar-refractivity contribution in [2.45, 2.75) is 27.7 Å². The van der Waals surface area contributed by atoms with Crippen molar-refractivity contribution >= 4 is 0 Å². The molecule has 0 saturated heterocycles. The average molecular weight is 242 g/mol. The second kappa shape index (κ2) is 4.37. The summed E-state index contributed by atoms with van der Waals surface area (Å²) in [7, 11) is 0. The van der Waals surface area contributed by atoms with Crippen molar-refractivity contribution in [1.82, 2.24) is 0 Å². The number of hydrogen-bond acceptors (Lipinski definition) is 2. The monoisotopic (exact) mass is 242 g/mol. The molecule has 0 spiro atoms. The number of phenols is 2. The lowest BCUT2D eigenvalue weighted by Gasteiger charge is -2.12. The van der Waals surface area contributed by atoms with Crippen LogP contribution in [0.25, 0.3) is 11.1 Å². The molecule has 2 heteroatoms. The van der Waals surface area contributed by atoms with Crippen molar-refractivity contribution in [3.63, 3.8) is 0 Å². The van der Waals surface area contributed by atoms with E-state index in [1.807, 2.05) is 0 Å². The molecule has 2 rings (SSSR count). The van der Waals surface area contributed by atoms with Crippen LogP contribution >= 0.6 is 0 Å². The minimum Gasteiger partial charge on any atom is -0.508 e. The van der Waals surface area contributed by atoms with E-state index in [1.165, 1.54) is 16.7 Å².